The first kappa shape index (κ1) is 82.9. The highest BCUT2D eigenvalue weighted by atomic mass is 16.8. The maximum absolute atomic E-state index is 14.5. The van der Waals surface area contributed by atoms with Crippen LogP contribution in [-0.2, 0) is 131 Å². The van der Waals surface area contributed by atoms with Crippen molar-refractivity contribution in [3.8, 4) is 0 Å². The van der Waals surface area contributed by atoms with Gasteiger partial charge in [-0.3, -0.25) is 38.4 Å². The molecular weight excluding hydrogens is 1480 g/mol. The third-order valence-electron chi connectivity index (χ3n) is 19.8. The van der Waals surface area contributed by atoms with Crippen molar-refractivity contribution in [2.45, 2.75) is 158 Å². The molecule has 0 N–H and O–H groups in total. The molecule has 9 aromatic carbocycles. The first-order valence-electron chi connectivity index (χ1n) is 37.6. The maximum Gasteiger partial charge on any atom is 0.303 e. The van der Waals surface area contributed by atoms with Crippen LogP contribution in [0.25, 0.3) is 0 Å². The summed E-state index contributed by atoms with van der Waals surface area (Å²) in [6.07, 6.45) is -24.6. The molecule has 0 aromatic heterocycles. The zero-order valence-corrected chi connectivity index (χ0v) is 64.6. The Balaban J connectivity index is 1.07. The van der Waals surface area contributed by atoms with Crippen LogP contribution < -0.4 is 0 Å². The second-order valence-corrected chi connectivity index (χ2v) is 27.8. The largest absolute Gasteiger partial charge is 0.460 e. The molecule has 12 rings (SSSR count). The van der Waals surface area contributed by atoms with Crippen LogP contribution in [0.3, 0.4) is 0 Å². The van der Waals surface area contributed by atoms with Crippen LogP contribution in [0.4, 0.5) is 0 Å². The quantitative estimate of drug-likeness (QED) is 0.0222. The van der Waals surface area contributed by atoms with Crippen molar-refractivity contribution < 1.29 is 114 Å². The van der Waals surface area contributed by atoms with Gasteiger partial charge in [-0.25, -0.2) is 0 Å². The Morgan fingerprint density at radius 3 is 0.765 bits per heavy atom. The number of rotatable bonds is 31. The van der Waals surface area contributed by atoms with Crippen molar-refractivity contribution in [1.29, 1.82) is 0 Å². The van der Waals surface area contributed by atoms with Crippen molar-refractivity contribution in [1.82, 2.24) is 0 Å². The molecular formula is C91H90O24. The predicted molar refractivity (Wildman–Crippen MR) is 412 cm³/mol. The summed E-state index contributed by atoms with van der Waals surface area (Å²) < 4.78 is 108. The average molecular weight is 1570 g/mol. The number of ether oxygens (including phenoxy) is 16. The van der Waals surface area contributed by atoms with Crippen molar-refractivity contribution in [2.24, 2.45) is 0 Å². The van der Waals surface area contributed by atoms with E-state index in [1.807, 2.05) is 273 Å². The number of hydrogen-bond donors (Lipinski definition) is 0. The van der Waals surface area contributed by atoms with Crippen LogP contribution in [0, 0.1) is 0 Å². The molecule has 0 bridgehead atoms. The number of carbonyl (C=O) groups is 8. The lowest BCUT2D eigenvalue weighted by Crippen LogP contribution is -2.67. The molecule has 9 aromatic rings. The Bertz CT molecular complexity index is 4430. The molecule has 0 saturated carbocycles. The normalized spacial score (nSPS) is 23.4. The third-order valence-corrected chi connectivity index (χ3v) is 19.8. The summed E-state index contributed by atoms with van der Waals surface area (Å²) in [7, 11) is 0. The van der Waals surface area contributed by atoms with Crippen LogP contribution in [0.1, 0.15) is 105 Å². The number of hydrogen-bond acceptors (Lipinski definition) is 24. The molecule has 14 atom stereocenters. The topological polar surface area (TPSA) is 284 Å². The maximum atomic E-state index is 14.5. The number of carbonyl (C=O) groups excluding carboxylic acids is 8. The molecule has 3 aliphatic rings. The zero-order valence-electron chi connectivity index (χ0n) is 64.6. The van der Waals surface area contributed by atoms with E-state index < -0.39 is 176 Å². The SMILES string of the molecule is CC(=O)OC[C@@]1(O[C@H]2O[C@H](COC(c3ccccc3)(c3ccccc3)c3ccccc3)[C@@H](OC(C)=O)[C@H](OC(C)=O)[C@H]2OC(C)=O)O[C@H](COC(c2ccccc2)(c2ccccc2)c2ccccc2)[C@@H](OC(C)=O)[C@@H]1O[C@H]1O[C@H](COC(c2ccccc2)(c2ccccc2)c2ccccc2)[C@@H](OC(C)=O)[C@H](OC(C)=O)[C@H]1OC(C)=O. The summed E-state index contributed by atoms with van der Waals surface area (Å²) in [5, 5.41) is 0. The molecule has 0 unspecified atom stereocenters. The van der Waals surface area contributed by atoms with E-state index in [1.165, 1.54) is 0 Å². The van der Waals surface area contributed by atoms with Gasteiger partial charge in [-0.05, 0) is 50.1 Å². The van der Waals surface area contributed by atoms with Crippen molar-refractivity contribution in [3.05, 3.63) is 323 Å². The first-order chi connectivity index (χ1) is 55.5. The second-order valence-electron chi connectivity index (χ2n) is 27.8. The van der Waals surface area contributed by atoms with Crippen molar-refractivity contribution in [3.63, 3.8) is 0 Å². The lowest BCUT2D eigenvalue weighted by molar-refractivity contribution is -0.401. The highest BCUT2D eigenvalue weighted by Crippen LogP contribution is 2.49. The van der Waals surface area contributed by atoms with Crippen LogP contribution in [0.15, 0.2) is 273 Å². The van der Waals surface area contributed by atoms with E-state index in [1.54, 1.807) is 0 Å². The summed E-state index contributed by atoms with van der Waals surface area (Å²) in [4.78, 5) is 112. The van der Waals surface area contributed by atoms with Gasteiger partial charge >= 0.3 is 47.8 Å². The molecule has 3 saturated heterocycles. The predicted octanol–water partition coefficient (Wildman–Crippen LogP) is 12.0. The molecule has 598 valence electrons. The molecule has 0 amide bonds. The highest BCUT2D eigenvalue weighted by molar-refractivity contribution is 5.70. The summed E-state index contributed by atoms with van der Waals surface area (Å²) in [6.45, 7) is 5.74. The van der Waals surface area contributed by atoms with Crippen LogP contribution in [0.2, 0.25) is 0 Å². The van der Waals surface area contributed by atoms with E-state index in [2.05, 4.69) is 0 Å². The second kappa shape index (κ2) is 37.6. The van der Waals surface area contributed by atoms with Gasteiger partial charge in [0.05, 0.1) is 19.8 Å². The van der Waals surface area contributed by atoms with E-state index >= 15 is 0 Å². The van der Waals surface area contributed by atoms with Crippen molar-refractivity contribution >= 4 is 47.8 Å². The molecule has 3 fully saturated rings. The fourth-order valence-electron chi connectivity index (χ4n) is 15.4. The van der Waals surface area contributed by atoms with Crippen LogP contribution in [-0.4, -0.2) is 160 Å². The minimum atomic E-state index is -2.90. The first-order valence-corrected chi connectivity index (χ1v) is 37.6. The molecule has 0 radical (unpaired) electrons. The number of benzene rings is 9. The molecule has 3 aliphatic heterocycles. The van der Waals surface area contributed by atoms with Gasteiger partial charge in [0.15, 0.2) is 55.1 Å². The molecule has 115 heavy (non-hydrogen) atoms. The standard InChI is InChI=1S/C91H90O24/c1-58(92)100-57-88(115-87-84(110-65(8)99)82(108-63(6)97)79(105-60(3)94)76(112-87)55-102-90(69-42-24-12-25-43-69,70-44-26-13-27-45-70)71-46-28-14-29-47-71)85(80(106-61(4)95)77(114-88)56-103-91(72-48-30-15-31-49-72,73-50-32-16-33-51-73)74-52-34-17-35-53-74)113-86-83(109-64(7)98)81(107-62(5)96)78(104-59(2)93)75(111-86)54-101-89(66-36-18-9-19-37-66,67-38-20-10-21-39-67)68-40-22-11-23-41-68/h9-53,75-87H,54-57H2,1-8H3/t75-,76-,77-,78-,79-,80-,81+,82+,83-,84-,85+,86-,87-,88+/m1/s1. The van der Waals surface area contributed by atoms with Crippen LogP contribution in [0.5, 0.6) is 0 Å². The fraction of sp³-hybridized carbons (Fsp3) is 0.319. The van der Waals surface area contributed by atoms with Gasteiger partial charge in [-0.15, -0.1) is 0 Å². The average Bonchev–Trinajstić information content (AvgIpc) is 1.70. The summed E-state index contributed by atoms with van der Waals surface area (Å²) in [5.74, 6) is -10.6. The minimum Gasteiger partial charge on any atom is -0.460 e. The summed E-state index contributed by atoms with van der Waals surface area (Å²) in [5.41, 5.74) is 0.959. The Morgan fingerprint density at radius 1 is 0.278 bits per heavy atom. The fourth-order valence-corrected chi connectivity index (χ4v) is 15.4. The summed E-state index contributed by atoms with van der Waals surface area (Å²) >= 11 is 0. The van der Waals surface area contributed by atoms with Crippen molar-refractivity contribution in [2.75, 3.05) is 26.4 Å². The molecule has 24 heteroatoms. The third kappa shape index (κ3) is 18.8. The van der Waals surface area contributed by atoms with Gasteiger partial charge in [-0.2, -0.15) is 0 Å². The molecule has 24 nitrogen and oxygen atoms in total. The van der Waals surface area contributed by atoms with E-state index in [9.17, 15) is 38.4 Å². The summed E-state index contributed by atoms with van der Waals surface area (Å²) in [6, 6.07) is 83.2. The monoisotopic (exact) mass is 1570 g/mol. The molecule has 0 spiro atoms. The van der Waals surface area contributed by atoms with E-state index in [4.69, 9.17) is 75.8 Å². The number of esters is 8. The molecule has 3 heterocycles. The van der Waals surface area contributed by atoms with E-state index in [0.717, 1.165) is 55.4 Å². The van der Waals surface area contributed by atoms with Gasteiger partial charge in [0.25, 0.3) is 0 Å². The Labute approximate surface area is 665 Å². The van der Waals surface area contributed by atoms with Gasteiger partial charge in [0.2, 0.25) is 12.1 Å². The Hall–Kier alpha value is -11.6. The minimum absolute atomic E-state index is 0.577. The zero-order chi connectivity index (χ0) is 81.3. The highest BCUT2D eigenvalue weighted by Gasteiger charge is 2.67. The van der Waals surface area contributed by atoms with E-state index in [0.29, 0.717) is 50.1 Å². The molecule has 0 aliphatic carbocycles. The van der Waals surface area contributed by atoms with Gasteiger partial charge in [0.1, 0.15) is 41.7 Å². The van der Waals surface area contributed by atoms with E-state index in [-0.39, 0.29) is 0 Å². The smallest absolute Gasteiger partial charge is 0.303 e. The Kier molecular flexibility index (Phi) is 27.1. The lowest BCUT2D eigenvalue weighted by atomic mass is 9.80. The van der Waals surface area contributed by atoms with Gasteiger partial charge in [-0.1, -0.05) is 273 Å². The van der Waals surface area contributed by atoms with Crippen LogP contribution >= 0.6 is 0 Å². The van der Waals surface area contributed by atoms with Gasteiger partial charge in [0, 0.05) is 55.4 Å². The Morgan fingerprint density at radius 2 is 0.504 bits per heavy atom. The van der Waals surface area contributed by atoms with Gasteiger partial charge < -0.3 is 75.8 Å². The lowest BCUT2D eigenvalue weighted by Gasteiger charge is -2.49.